The number of benzene rings is 1. The van der Waals surface area contributed by atoms with E-state index in [2.05, 4.69) is 30.9 Å². The first kappa shape index (κ1) is 20.4. The average Bonchev–Trinajstić information content (AvgIpc) is 2.66. The number of hydrogen-bond acceptors (Lipinski definition) is 5. The summed E-state index contributed by atoms with van der Waals surface area (Å²) in [7, 11) is 5.11. The van der Waals surface area contributed by atoms with E-state index in [0.29, 0.717) is 30.6 Å². The van der Waals surface area contributed by atoms with Crippen LogP contribution in [0.25, 0.3) is 0 Å². The molecule has 27 heavy (non-hydrogen) atoms. The standard InChI is InChI=1S/C22H35NO4/c1-15(2)8-17-12-23-7-6-16-10-21(25-4)22(26-5)11-19(16)20(23)9-18(17)13-27-14-24-3/h10-11,15,17-18,20H,6-9,12-14H2,1-5H3. The van der Waals surface area contributed by atoms with Crippen molar-refractivity contribution in [3.63, 3.8) is 0 Å². The van der Waals surface area contributed by atoms with Crippen LogP contribution in [0.2, 0.25) is 0 Å². The molecule has 0 aliphatic carbocycles. The third kappa shape index (κ3) is 4.58. The van der Waals surface area contributed by atoms with Gasteiger partial charge in [-0.25, -0.2) is 0 Å². The highest BCUT2D eigenvalue weighted by atomic mass is 16.7. The van der Waals surface area contributed by atoms with Crippen LogP contribution >= 0.6 is 0 Å². The SMILES string of the molecule is COCOCC1CC2c3cc(OC)c(OC)cc3CCN2CC1CC(C)C. The minimum absolute atomic E-state index is 0.376. The Hall–Kier alpha value is -1.30. The molecule has 3 atom stereocenters. The molecule has 0 bridgehead atoms. The Morgan fingerprint density at radius 2 is 1.81 bits per heavy atom. The zero-order valence-corrected chi connectivity index (χ0v) is 17.5. The quantitative estimate of drug-likeness (QED) is 0.507. The summed E-state index contributed by atoms with van der Waals surface area (Å²) in [6, 6.07) is 4.80. The Labute approximate surface area is 163 Å². The smallest absolute Gasteiger partial charge is 0.161 e. The highest BCUT2D eigenvalue weighted by Crippen LogP contribution is 2.45. The molecular weight excluding hydrogens is 342 g/mol. The second-order valence-electron chi connectivity index (χ2n) is 8.33. The Morgan fingerprint density at radius 3 is 2.48 bits per heavy atom. The van der Waals surface area contributed by atoms with Crippen LogP contribution < -0.4 is 9.47 Å². The molecule has 1 aromatic carbocycles. The van der Waals surface area contributed by atoms with E-state index in [0.717, 1.165) is 44.0 Å². The molecule has 2 aliphatic rings. The molecule has 0 saturated carbocycles. The number of hydrogen-bond donors (Lipinski definition) is 0. The van der Waals surface area contributed by atoms with Crippen molar-refractivity contribution in [2.45, 2.75) is 39.2 Å². The summed E-state index contributed by atoms with van der Waals surface area (Å²) >= 11 is 0. The summed E-state index contributed by atoms with van der Waals surface area (Å²) in [6.45, 7) is 8.06. The van der Waals surface area contributed by atoms with Crippen molar-refractivity contribution in [2.75, 3.05) is 47.8 Å². The molecule has 152 valence electrons. The molecule has 0 N–H and O–H groups in total. The molecule has 0 amide bonds. The Kier molecular flexibility index (Phi) is 7.01. The van der Waals surface area contributed by atoms with E-state index in [4.69, 9.17) is 18.9 Å². The van der Waals surface area contributed by atoms with Crippen molar-refractivity contribution < 1.29 is 18.9 Å². The van der Waals surface area contributed by atoms with Gasteiger partial charge in [0, 0.05) is 26.2 Å². The Bertz CT molecular complexity index is 619. The van der Waals surface area contributed by atoms with Gasteiger partial charge >= 0.3 is 0 Å². The van der Waals surface area contributed by atoms with E-state index >= 15 is 0 Å². The number of fused-ring (bicyclic) bond motifs is 3. The number of nitrogens with zero attached hydrogens (tertiary/aromatic N) is 1. The highest BCUT2D eigenvalue weighted by Gasteiger charge is 2.39. The van der Waals surface area contributed by atoms with Gasteiger partial charge in [0.25, 0.3) is 0 Å². The van der Waals surface area contributed by atoms with Crippen LogP contribution in [0.3, 0.4) is 0 Å². The van der Waals surface area contributed by atoms with Gasteiger partial charge in [-0.05, 0) is 60.3 Å². The van der Waals surface area contributed by atoms with Crippen molar-refractivity contribution in [2.24, 2.45) is 17.8 Å². The number of rotatable bonds is 8. The Morgan fingerprint density at radius 1 is 1.07 bits per heavy atom. The van der Waals surface area contributed by atoms with Gasteiger partial charge in [-0.15, -0.1) is 0 Å². The molecule has 1 fully saturated rings. The predicted molar refractivity (Wildman–Crippen MR) is 106 cm³/mol. The van der Waals surface area contributed by atoms with Gasteiger partial charge in [0.1, 0.15) is 6.79 Å². The summed E-state index contributed by atoms with van der Waals surface area (Å²) < 4.78 is 22.0. The lowest BCUT2D eigenvalue weighted by Gasteiger charge is -2.47. The van der Waals surface area contributed by atoms with Crippen LogP contribution in [-0.2, 0) is 15.9 Å². The summed E-state index contributed by atoms with van der Waals surface area (Å²) in [5.41, 5.74) is 2.80. The van der Waals surface area contributed by atoms with Gasteiger partial charge in [0.15, 0.2) is 11.5 Å². The van der Waals surface area contributed by atoms with Crippen LogP contribution in [0.4, 0.5) is 0 Å². The molecular formula is C22H35NO4. The van der Waals surface area contributed by atoms with Crippen molar-refractivity contribution in [1.29, 1.82) is 0 Å². The molecule has 3 unspecified atom stereocenters. The van der Waals surface area contributed by atoms with Crippen LogP contribution in [-0.4, -0.2) is 52.7 Å². The molecule has 2 heterocycles. The lowest BCUT2D eigenvalue weighted by atomic mass is 9.74. The van der Waals surface area contributed by atoms with Gasteiger partial charge in [0.2, 0.25) is 0 Å². The molecule has 1 saturated heterocycles. The molecule has 2 aliphatic heterocycles. The summed E-state index contributed by atoms with van der Waals surface area (Å²) in [5.74, 6) is 3.60. The van der Waals surface area contributed by atoms with Gasteiger partial charge < -0.3 is 18.9 Å². The first-order valence-corrected chi connectivity index (χ1v) is 10.1. The lowest BCUT2D eigenvalue weighted by Crippen LogP contribution is -2.47. The number of methoxy groups -OCH3 is 3. The third-order valence-corrected chi connectivity index (χ3v) is 6.08. The number of piperidine rings is 1. The monoisotopic (exact) mass is 377 g/mol. The van der Waals surface area contributed by atoms with E-state index in [1.807, 2.05) is 0 Å². The van der Waals surface area contributed by atoms with Crippen LogP contribution in [0.1, 0.15) is 43.9 Å². The lowest BCUT2D eigenvalue weighted by molar-refractivity contribution is -0.0699. The van der Waals surface area contributed by atoms with E-state index in [1.54, 1.807) is 21.3 Å². The summed E-state index contributed by atoms with van der Waals surface area (Å²) in [5, 5.41) is 0. The van der Waals surface area contributed by atoms with E-state index < -0.39 is 0 Å². The Balaban J connectivity index is 1.84. The molecule has 1 aromatic rings. The fourth-order valence-electron chi connectivity index (χ4n) is 4.86. The first-order valence-electron chi connectivity index (χ1n) is 10.1. The van der Waals surface area contributed by atoms with Crippen molar-refractivity contribution in [3.8, 4) is 11.5 Å². The van der Waals surface area contributed by atoms with E-state index in [9.17, 15) is 0 Å². The summed E-state index contributed by atoms with van der Waals surface area (Å²) in [6.07, 6.45) is 3.46. The van der Waals surface area contributed by atoms with Crippen molar-refractivity contribution >= 4 is 0 Å². The second kappa shape index (κ2) is 9.26. The van der Waals surface area contributed by atoms with Crippen molar-refractivity contribution in [3.05, 3.63) is 23.3 Å². The fourth-order valence-corrected chi connectivity index (χ4v) is 4.86. The van der Waals surface area contributed by atoms with Gasteiger partial charge in [0.05, 0.1) is 20.8 Å². The van der Waals surface area contributed by atoms with Gasteiger partial charge in [-0.1, -0.05) is 13.8 Å². The molecule has 0 radical (unpaired) electrons. The zero-order valence-electron chi connectivity index (χ0n) is 17.5. The molecule has 5 heteroatoms. The van der Waals surface area contributed by atoms with Gasteiger partial charge in [-0.2, -0.15) is 0 Å². The minimum Gasteiger partial charge on any atom is -0.493 e. The highest BCUT2D eigenvalue weighted by molar-refractivity contribution is 5.49. The van der Waals surface area contributed by atoms with E-state index in [-0.39, 0.29) is 0 Å². The molecule has 0 spiro atoms. The predicted octanol–water partition coefficient (Wildman–Crippen LogP) is 3.91. The summed E-state index contributed by atoms with van der Waals surface area (Å²) in [4.78, 5) is 2.67. The van der Waals surface area contributed by atoms with Crippen LogP contribution in [0.15, 0.2) is 12.1 Å². The molecule has 5 nitrogen and oxygen atoms in total. The topological polar surface area (TPSA) is 40.2 Å². The average molecular weight is 378 g/mol. The largest absolute Gasteiger partial charge is 0.493 e. The zero-order chi connectivity index (χ0) is 19.4. The van der Waals surface area contributed by atoms with Crippen LogP contribution in [0, 0.1) is 17.8 Å². The fraction of sp³-hybridized carbons (Fsp3) is 0.727. The van der Waals surface area contributed by atoms with E-state index in [1.165, 1.54) is 17.5 Å². The number of ether oxygens (including phenoxy) is 4. The van der Waals surface area contributed by atoms with Crippen LogP contribution in [0.5, 0.6) is 11.5 Å². The normalized spacial score (nSPS) is 25.2. The second-order valence-corrected chi connectivity index (χ2v) is 8.33. The first-order chi connectivity index (χ1) is 13.1. The molecule has 0 aromatic heterocycles. The van der Waals surface area contributed by atoms with Crippen molar-refractivity contribution in [1.82, 2.24) is 4.90 Å². The minimum atomic E-state index is 0.376. The maximum atomic E-state index is 5.80. The maximum Gasteiger partial charge on any atom is 0.161 e. The maximum absolute atomic E-state index is 5.80. The third-order valence-electron chi connectivity index (χ3n) is 6.08. The molecule has 3 rings (SSSR count). The van der Waals surface area contributed by atoms with Gasteiger partial charge in [-0.3, -0.25) is 4.90 Å².